The van der Waals surface area contributed by atoms with Gasteiger partial charge in [0.25, 0.3) is 0 Å². The number of rotatable bonds is 2. The molecule has 0 amide bonds. The van der Waals surface area contributed by atoms with Gasteiger partial charge in [0.05, 0.1) is 0 Å². The summed E-state index contributed by atoms with van der Waals surface area (Å²) in [5, 5.41) is 0. The van der Waals surface area contributed by atoms with Crippen LogP contribution in [0.25, 0.3) is 0 Å². The highest BCUT2D eigenvalue weighted by Gasteiger charge is 2.65. The van der Waals surface area contributed by atoms with E-state index in [-0.39, 0.29) is 11.5 Å². The highest BCUT2D eigenvalue weighted by molar-refractivity contribution is 5.44. The third-order valence-corrected chi connectivity index (χ3v) is 2.36. The van der Waals surface area contributed by atoms with E-state index in [2.05, 4.69) is 9.47 Å². The summed E-state index contributed by atoms with van der Waals surface area (Å²) in [7, 11) is 0. The van der Waals surface area contributed by atoms with Crippen molar-refractivity contribution in [1.29, 1.82) is 0 Å². The summed E-state index contributed by atoms with van der Waals surface area (Å²) in [5.41, 5.74) is 0.732. The third-order valence-electron chi connectivity index (χ3n) is 2.36. The van der Waals surface area contributed by atoms with Crippen LogP contribution >= 0.6 is 0 Å². The van der Waals surface area contributed by atoms with E-state index in [4.69, 9.17) is 0 Å². The van der Waals surface area contributed by atoms with Crippen LogP contribution in [0.5, 0.6) is 11.5 Å². The molecule has 6 heteroatoms. The Morgan fingerprint density at radius 1 is 1.00 bits per heavy atom. The van der Waals surface area contributed by atoms with Crippen LogP contribution in [-0.4, -0.2) is 12.2 Å². The van der Waals surface area contributed by atoms with E-state index in [1.807, 2.05) is 6.92 Å². The lowest BCUT2D eigenvalue weighted by Gasteiger charge is -2.31. The smallest absolute Gasteiger partial charge is 0.421 e. The number of ether oxygens (including phenoxy) is 2. The molecule has 0 bridgehead atoms. The van der Waals surface area contributed by atoms with Crippen LogP contribution in [0.1, 0.15) is 18.9 Å². The molecule has 0 saturated heterocycles. The lowest BCUT2D eigenvalue weighted by atomic mass is 10.1. The van der Waals surface area contributed by atoms with E-state index in [1.165, 1.54) is 12.1 Å². The number of benzene rings is 1. The van der Waals surface area contributed by atoms with Gasteiger partial charge < -0.3 is 9.47 Å². The first-order valence-corrected chi connectivity index (χ1v) is 5.12. The summed E-state index contributed by atoms with van der Waals surface area (Å²) >= 11 is 0. The molecule has 0 fully saturated rings. The average molecular weight is 250 g/mol. The molecule has 0 aromatic heterocycles. The molecular weight excluding hydrogens is 240 g/mol. The summed E-state index contributed by atoms with van der Waals surface area (Å²) in [5.74, 6) is -0.729. The molecule has 2 nitrogen and oxygen atoms in total. The van der Waals surface area contributed by atoms with E-state index in [1.54, 1.807) is 6.07 Å². The third kappa shape index (κ3) is 2.03. The summed E-state index contributed by atoms with van der Waals surface area (Å²) in [4.78, 5) is 0. The number of halogens is 4. The normalized spacial score (nSPS) is 20.1. The predicted molar refractivity (Wildman–Crippen MR) is 51.6 cm³/mol. The molecule has 0 spiro atoms. The van der Waals surface area contributed by atoms with Gasteiger partial charge in [-0.1, -0.05) is 19.4 Å². The largest absolute Gasteiger partial charge is 0.507 e. The van der Waals surface area contributed by atoms with Gasteiger partial charge in [-0.15, -0.1) is 0 Å². The SMILES string of the molecule is CCCc1ccc2c(c1)OC(F)(F)C(F)(F)O2. The molecule has 1 aromatic carbocycles. The Morgan fingerprint density at radius 3 is 2.18 bits per heavy atom. The average Bonchev–Trinajstić information content (AvgIpc) is 2.20. The Bertz CT molecular complexity index is 431. The van der Waals surface area contributed by atoms with Crippen LogP contribution in [0.4, 0.5) is 17.6 Å². The first-order valence-electron chi connectivity index (χ1n) is 5.12. The van der Waals surface area contributed by atoms with Crippen molar-refractivity contribution in [1.82, 2.24) is 0 Å². The van der Waals surface area contributed by atoms with Crippen molar-refractivity contribution in [2.45, 2.75) is 32.0 Å². The van der Waals surface area contributed by atoms with Gasteiger partial charge >= 0.3 is 12.2 Å². The maximum Gasteiger partial charge on any atom is 0.507 e. The Morgan fingerprint density at radius 2 is 1.59 bits per heavy atom. The highest BCUT2D eigenvalue weighted by Crippen LogP contribution is 2.46. The van der Waals surface area contributed by atoms with Gasteiger partial charge in [0.2, 0.25) is 0 Å². The van der Waals surface area contributed by atoms with E-state index < -0.39 is 12.2 Å². The van der Waals surface area contributed by atoms with E-state index in [0.717, 1.165) is 12.0 Å². The molecule has 1 heterocycles. The molecule has 0 N–H and O–H groups in total. The molecule has 17 heavy (non-hydrogen) atoms. The molecule has 0 aliphatic carbocycles. The van der Waals surface area contributed by atoms with Crippen molar-refractivity contribution < 1.29 is 27.0 Å². The van der Waals surface area contributed by atoms with Crippen LogP contribution in [0.2, 0.25) is 0 Å². The van der Waals surface area contributed by atoms with Crippen LogP contribution < -0.4 is 9.47 Å². The fourth-order valence-corrected chi connectivity index (χ4v) is 1.56. The minimum absolute atomic E-state index is 0.355. The van der Waals surface area contributed by atoms with Crippen LogP contribution in [0.15, 0.2) is 18.2 Å². The topological polar surface area (TPSA) is 18.5 Å². The first kappa shape index (κ1) is 12.0. The van der Waals surface area contributed by atoms with Crippen molar-refractivity contribution in [3.63, 3.8) is 0 Å². The summed E-state index contributed by atoms with van der Waals surface area (Å²) in [6, 6.07) is 4.05. The molecule has 0 saturated carbocycles. The molecule has 1 aliphatic rings. The van der Waals surface area contributed by atoms with E-state index in [9.17, 15) is 17.6 Å². The minimum Gasteiger partial charge on any atom is -0.421 e. The molecule has 0 atom stereocenters. The lowest BCUT2D eigenvalue weighted by Crippen LogP contribution is -2.52. The molecule has 2 rings (SSSR count). The van der Waals surface area contributed by atoms with Gasteiger partial charge in [0.15, 0.2) is 11.5 Å². The van der Waals surface area contributed by atoms with Crippen molar-refractivity contribution in [3.8, 4) is 11.5 Å². The second-order valence-corrected chi connectivity index (χ2v) is 3.77. The maximum atomic E-state index is 12.9. The number of hydrogen-bond donors (Lipinski definition) is 0. The minimum atomic E-state index is -4.65. The zero-order valence-electron chi connectivity index (χ0n) is 8.97. The zero-order valence-corrected chi connectivity index (χ0v) is 8.97. The van der Waals surface area contributed by atoms with Crippen molar-refractivity contribution >= 4 is 0 Å². The quantitative estimate of drug-likeness (QED) is 0.747. The Balaban J connectivity index is 2.36. The Hall–Kier alpha value is -1.46. The van der Waals surface area contributed by atoms with Crippen LogP contribution in [0.3, 0.4) is 0 Å². The fourth-order valence-electron chi connectivity index (χ4n) is 1.56. The summed E-state index contributed by atoms with van der Waals surface area (Å²) < 4.78 is 59.4. The predicted octanol–water partition coefficient (Wildman–Crippen LogP) is 3.60. The van der Waals surface area contributed by atoms with E-state index >= 15 is 0 Å². The standard InChI is InChI=1S/C11H10F4O2/c1-2-3-7-4-5-8-9(6-7)17-11(14,15)10(12,13)16-8/h4-6H,2-3H2,1H3. The van der Waals surface area contributed by atoms with Gasteiger partial charge in [-0.05, 0) is 24.1 Å². The fraction of sp³-hybridized carbons (Fsp3) is 0.455. The molecule has 1 aromatic rings. The summed E-state index contributed by atoms with van der Waals surface area (Å²) in [6.07, 6.45) is -7.83. The second kappa shape index (κ2) is 3.78. The van der Waals surface area contributed by atoms with Gasteiger partial charge in [0.1, 0.15) is 0 Å². The Kier molecular flexibility index (Phi) is 2.67. The van der Waals surface area contributed by atoms with Crippen molar-refractivity contribution in [2.75, 3.05) is 0 Å². The van der Waals surface area contributed by atoms with E-state index in [0.29, 0.717) is 6.42 Å². The molecule has 0 radical (unpaired) electrons. The molecule has 94 valence electrons. The second-order valence-electron chi connectivity index (χ2n) is 3.77. The number of aryl methyl sites for hydroxylation is 1. The summed E-state index contributed by atoms with van der Waals surface area (Å²) in [6.45, 7) is 1.92. The maximum absolute atomic E-state index is 12.9. The molecule has 1 aliphatic heterocycles. The highest BCUT2D eigenvalue weighted by atomic mass is 19.3. The van der Waals surface area contributed by atoms with Gasteiger partial charge in [-0.25, -0.2) is 0 Å². The van der Waals surface area contributed by atoms with Gasteiger partial charge in [-0.2, -0.15) is 17.6 Å². The lowest BCUT2D eigenvalue weighted by molar-refractivity contribution is -0.391. The number of alkyl halides is 4. The van der Waals surface area contributed by atoms with Crippen molar-refractivity contribution in [2.24, 2.45) is 0 Å². The zero-order chi connectivity index (χ0) is 12.7. The van der Waals surface area contributed by atoms with Gasteiger partial charge in [-0.3, -0.25) is 0 Å². The van der Waals surface area contributed by atoms with Crippen LogP contribution in [0, 0.1) is 0 Å². The molecule has 0 unspecified atom stereocenters. The van der Waals surface area contributed by atoms with Gasteiger partial charge in [0, 0.05) is 0 Å². The number of hydrogen-bond acceptors (Lipinski definition) is 2. The van der Waals surface area contributed by atoms with Crippen LogP contribution in [-0.2, 0) is 6.42 Å². The molecular formula is C11H10F4O2. The van der Waals surface area contributed by atoms with Crippen molar-refractivity contribution in [3.05, 3.63) is 23.8 Å². The Labute approximate surface area is 95.1 Å². The monoisotopic (exact) mass is 250 g/mol. The number of fused-ring (bicyclic) bond motifs is 1. The first-order chi connectivity index (χ1) is 7.86.